The number of nitrogens with one attached hydrogen (secondary N) is 1. The smallest absolute Gasteiger partial charge is 0.422 e. The molecule has 2 aromatic heterocycles. The van der Waals surface area contributed by atoms with Crippen LogP contribution in [0, 0.1) is 0 Å². The standard InChI is InChI=1S/C27H30F3N7O3/c1-35(2)20-8-10-36-11-12-37(14-21(20)36)24-18(5-6-22(40-17-3-4-17)23(24)27(28,29)30)33-25(38)19-15-39-26(34-19)16-7-9-31-32-13-16/h5-7,9,13,15,17,20-21H,3-4,8,10-12,14H2,1-2H3,(H,33,38)/t20-,21+/m1/s1. The molecule has 1 aromatic carbocycles. The maximum absolute atomic E-state index is 14.8. The number of likely N-dealkylation sites (N-methyl/N-ethyl adjacent to an activating group) is 1. The molecule has 212 valence electrons. The highest BCUT2D eigenvalue weighted by Gasteiger charge is 2.45. The summed E-state index contributed by atoms with van der Waals surface area (Å²) in [5.74, 6) is -0.751. The number of alkyl halides is 3. The van der Waals surface area contributed by atoms with Gasteiger partial charge in [0.15, 0.2) is 5.69 Å². The Bertz CT molecular complexity index is 1380. The van der Waals surface area contributed by atoms with Crippen LogP contribution < -0.4 is 15.0 Å². The van der Waals surface area contributed by atoms with E-state index in [1.54, 1.807) is 11.0 Å². The van der Waals surface area contributed by atoms with Gasteiger partial charge in [0, 0.05) is 38.3 Å². The summed E-state index contributed by atoms with van der Waals surface area (Å²) in [4.78, 5) is 23.7. The van der Waals surface area contributed by atoms with E-state index in [0.717, 1.165) is 25.8 Å². The lowest BCUT2D eigenvalue weighted by atomic mass is 10.0. The number of hydrogen-bond donors (Lipinski definition) is 1. The molecule has 13 heteroatoms. The molecule has 0 spiro atoms. The topological polar surface area (TPSA) is 99.9 Å². The lowest BCUT2D eigenvalue weighted by Gasteiger charge is -2.43. The maximum Gasteiger partial charge on any atom is 0.422 e. The Morgan fingerprint density at radius 1 is 1.12 bits per heavy atom. The molecule has 4 heterocycles. The monoisotopic (exact) mass is 557 g/mol. The van der Waals surface area contributed by atoms with Gasteiger partial charge in [-0.1, -0.05) is 0 Å². The molecule has 3 fully saturated rings. The number of anilines is 2. The first-order valence-corrected chi connectivity index (χ1v) is 13.3. The summed E-state index contributed by atoms with van der Waals surface area (Å²) in [5.41, 5.74) is -0.458. The van der Waals surface area contributed by atoms with Crippen molar-refractivity contribution in [1.29, 1.82) is 0 Å². The molecule has 2 aliphatic heterocycles. The molecule has 2 atom stereocenters. The van der Waals surface area contributed by atoms with Crippen LogP contribution in [0.15, 0.2) is 41.3 Å². The highest BCUT2D eigenvalue weighted by molar-refractivity contribution is 6.05. The van der Waals surface area contributed by atoms with Crippen LogP contribution in [0.2, 0.25) is 0 Å². The van der Waals surface area contributed by atoms with E-state index in [1.807, 2.05) is 14.1 Å². The first-order chi connectivity index (χ1) is 19.2. The summed E-state index contributed by atoms with van der Waals surface area (Å²) in [6.45, 7) is 2.31. The van der Waals surface area contributed by atoms with E-state index in [1.165, 1.54) is 30.8 Å². The lowest BCUT2D eigenvalue weighted by molar-refractivity contribution is -0.138. The molecule has 0 bridgehead atoms. The van der Waals surface area contributed by atoms with Gasteiger partial charge in [-0.05, 0) is 51.6 Å². The van der Waals surface area contributed by atoms with Crippen LogP contribution in [0.25, 0.3) is 11.5 Å². The molecule has 0 radical (unpaired) electrons. The van der Waals surface area contributed by atoms with E-state index < -0.39 is 17.6 Å². The Kier molecular flexibility index (Phi) is 6.87. The van der Waals surface area contributed by atoms with Crippen LogP contribution in [-0.2, 0) is 6.18 Å². The number of hydrogen-bond acceptors (Lipinski definition) is 9. The van der Waals surface area contributed by atoms with Crippen molar-refractivity contribution >= 4 is 17.3 Å². The molecule has 3 aliphatic rings. The molecule has 40 heavy (non-hydrogen) atoms. The van der Waals surface area contributed by atoms with Crippen molar-refractivity contribution in [3.8, 4) is 17.2 Å². The van der Waals surface area contributed by atoms with Crippen molar-refractivity contribution in [2.45, 2.75) is 43.6 Å². The second-order valence-corrected chi connectivity index (χ2v) is 10.6. The van der Waals surface area contributed by atoms with E-state index in [2.05, 4.69) is 30.3 Å². The van der Waals surface area contributed by atoms with Crippen LogP contribution in [0.4, 0.5) is 24.5 Å². The first-order valence-electron chi connectivity index (χ1n) is 13.3. The van der Waals surface area contributed by atoms with Crippen molar-refractivity contribution < 1.29 is 27.1 Å². The SMILES string of the molecule is CN(C)[C@@H]1CCN2CCN(c3c(NC(=O)c4coc(-c5ccnnc5)n4)ccc(OC4CC4)c3C(F)(F)F)C[C@@H]12. The van der Waals surface area contributed by atoms with Gasteiger partial charge in [-0.15, -0.1) is 0 Å². The molecule has 0 unspecified atom stereocenters. The minimum atomic E-state index is -4.70. The molecule has 6 rings (SSSR count). The predicted molar refractivity (Wildman–Crippen MR) is 140 cm³/mol. The molecule has 2 saturated heterocycles. The van der Waals surface area contributed by atoms with Gasteiger partial charge < -0.3 is 24.3 Å². The summed E-state index contributed by atoms with van der Waals surface area (Å²) in [7, 11) is 4.00. The fourth-order valence-corrected chi connectivity index (χ4v) is 5.64. The summed E-state index contributed by atoms with van der Waals surface area (Å²) in [5, 5.41) is 10.2. The number of amides is 1. The van der Waals surface area contributed by atoms with E-state index in [0.29, 0.717) is 25.2 Å². The number of benzene rings is 1. The van der Waals surface area contributed by atoms with E-state index in [-0.39, 0.29) is 46.9 Å². The Labute approximate surface area is 229 Å². The number of carbonyl (C=O) groups excluding carboxylic acids is 1. The number of oxazole rings is 1. The number of nitrogens with zero attached hydrogens (tertiary/aromatic N) is 6. The quantitative estimate of drug-likeness (QED) is 0.465. The number of carbonyl (C=O) groups is 1. The zero-order valence-corrected chi connectivity index (χ0v) is 22.2. The number of rotatable bonds is 7. The number of ether oxygens (including phenoxy) is 1. The summed E-state index contributed by atoms with van der Waals surface area (Å²) in [6, 6.07) is 4.69. The minimum absolute atomic E-state index is 0.0449. The fraction of sp³-hybridized carbons (Fsp3) is 0.481. The van der Waals surface area contributed by atoms with E-state index >= 15 is 0 Å². The largest absolute Gasteiger partial charge is 0.490 e. The predicted octanol–water partition coefficient (Wildman–Crippen LogP) is 3.77. The summed E-state index contributed by atoms with van der Waals surface area (Å²) < 4.78 is 55.5. The van der Waals surface area contributed by atoms with Crippen LogP contribution in [0.3, 0.4) is 0 Å². The van der Waals surface area contributed by atoms with Crippen molar-refractivity contribution in [1.82, 2.24) is 25.0 Å². The number of piperazine rings is 1. The van der Waals surface area contributed by atoms with Gasteiger partial charge in [-0.25, -0.2) is 4.98 Å². The van der Waals surface area contributed by atoms with Gasteiger partial charge in [-0.2, -0.15) is 23.4 Å². The molecule has 10 nitrogen and oxygen atoms in total. The van der Waals surface area contributed by atoms with Crippen molar-refractivity contribution in [3.63, 3.8) is 0 Å². The van der Waals surface area contributed by atoms with Crippen LogP contribution in [0.1, 0.15) is 35.3 Å². The van der Waals surface area contributed by atoms with Gasteiger partial charge in [0.25, 0.3) is 5.91 Å². The fourth-order valence-electron chi connectivity index (χ4n) is 5.64. The number of fused-ring (bicyclic) bond motifs is 1. The molecule has 1 N–H and O–H groups in total. The average molecular weight is 558 g/mol. The second-order valence-electron chi connectivity index (χ2n) is 10.6. The van der Waals surface area contributed by atoms with Crippen LogP contribution in [-0.4, -0.2) is 89.4 Å². The van der Waals surface area contributed by atoms with Crippen molar-refractivity contribution in [2.24, 2.45) is 0 Å². The number of halogens is 3. The van der Waals surface area contributed by atoms with Gasteiger partial charge >= 0.3 is 6.18 Å². The third-order valence-electron chi connectivity index (χ3n) is 7.73. The van der Waals surface area contributed by atoms with Crippen molar-refractivity contribution in [3.05, 3.63) is 48.1 Å². The third kappa shape index (κ3) is 5.22. The average Bonchev–Trinajstić information content (AvgIpc) is 3.42. The van der Waals surface area contributed by atoms with Gasteiger partial charge in [0.1, 0.15) is 17.6 Å². The molecular formula is C27H30F3N7O3. The van der Waals surface area contributed by atoms with E-state index in [9.17, 15) is 18.0 Å². The van der Waals surface area contributed by atoms with E-state index in [4.69, 9.17) is 9.15 Å². The highest BCUT2D eigenvalue weighted by atomic mass is 19.4. The Morgan fingerprint density at radius 3 is 2.65 bits per heavy atom. The Morgan fingerprint density at radius 2 is 1.95 bits per heavy atom. The zero-order valence-electron chi connectivity index (χ0n) is 22.2. The van der Waals surface area contributed by atoms with Gasteiger partial charge in [0.2, 0.25) is 5.89 Å². The van der Waals surface area contributed by atoms with Crippen LogP contribution in [0.5, 0.6) is 5.75 Å². The molecular weight excluding hydrogens is 527 g/mol. The minimum Gasteiger partial charge on any atom is -0.490 e. The van der Waals surface area contributed by atoms with Crippen molar-refractivity contribution in [2.75, 3.05) is 50.5 Å². The van der Waals surface area contributed by atoms with Gasteiger partial charge in [0.05, 0.1) is 35.4 Å². The maximum atomic E-state index is 14.8. The third-order valence-corrected chi connectivity index (χ3v) is 7.73. The molecule has 1 aliphatic carbocycles. The first kappa shape index (κ1) is 26.5. The van der Waals surface area contributed by atoms with Crippen LogP contribution >= 0.6 is 0 Å². The lowest BCUT2D eigenvalue weighted by Crippen LogP contribution is -2.56. The zero-order chi connectivity index (χ0) is 28.0. The Balaban J connectivity index is 1.36. The summed E-state index contributed by atoms with van der Waals surface area (Å²) >= 11 is 0. The molecule has 1 saturated carbocycles. The highest BCUT2D eigenvalue weighted by Crippen LogP contribution is 2.48. The Hall–Kier alpha value is -3.71. The second kappa shape index (κ2) is 10.4. The number of aromatic nitrogens is 3. The molecule has 1 amide bonds. The molecule has 3 aromatic rings. The van der Waals surface area contributed by atoms with Gasteiger partial charge in [-0.3, -0.25) is 9.69 Å². The summed E-state index contributed by atoms with van der Waals surface area (Å²) in [6.07, 6.45) is 1.52. The normalized spacial score (nSPS) is 21.5.